The number of phenols is 3. The number of aliphatic hydroxyl groups excluding tert-OH is 7. The van der Waals surface area contributed by atoms with E-state index < -0.39 is 107 Å². The van der Waals surface area contributed by atoms with Gasteiger partial charge < -0.3 is 65.0 Å². The van der Waals surface area contributed by atoms with Crippen molar-refractivity contribution in [3.63, 3.8) is 0 Å². The van der Waals surface area contributed by atoms with Crippen LogP contribution in [0, 0.1) is 0 Å². The Balaban J connectivity index is 1.80. The lowest BCUT2D eigenvalue weighted by atomic mass is 9.85. The van der Waals surface area contributed by atoms with Crippen molar-refractivity contribution in [2.24, 2.45) is 0 Å². The second kappa shape index (κ2) is 10.6. The topological polar surface area (TPSA) is 251 Å². The van der Waals surface area contributed by atoms with Gasteiger partial charge in [-0.25, -0.2) is 0 Å². The molecule has 0 spiro atoms. The van der Waals surface area contributed by atoms with Crippen LogP contribution < -0.4 is 5.43 Å². The van der Waals surface area contributed by atoms with Gasteiger partial charge in [0, 0.05) is 11.6 Å². The molecule has 2 aromatic carbocycles. The fourth-order valence-corrected chi connectivity index (χ4v) is 5.11. The highest BCUT2D eigenvalue weighted by molar-refractivity contribution is 5.92. The molecule has 0 radical (unpaired) electrons. The van der Waals surface area contributed by atoms with E-state index in [1.807, 2.05) is 0 Å². The summed E-state index contributed by atoms with van der Waals surface area (Å²) in [6.07, 6.45) is -15.7. The van der Waals surface area contributed by atoms with Crippen molar-refractivity contribution in [1.29, 1.82) is 0 Å². The van der Waals surface area contributed by atoms with Gasteiger partial charge in [0.25, 0.3) is 0 Å². The normalized spacial score (nSPS) is 32.8. The molecular weight excluding hydrogens is 536 g/mol. The first-order valence-corrected chi connectivity index (χ1v) is 12.3. The van der Waals surface area contributed by atoms with Gasteiger partial charge in [0.15, 0.2) is 11.0 Å². The smallest absolute Gasteiger partial charge is 0.197 e. The summed E-state index contributed by atoms with van der Waals surface area (Å²) in [7, 11) is 0. The van der Waals surface area contributed by atoms with Gasteiger partial charge in [-0.15, -0.1) is 0 Å². The van der Waals surface area contributed by atoms with Gasteiger partial charge in [-0.05, 0) is 24.3 Å². The molecule has 0 saturated carbocycles. The summed E-state index contributed by atoms with van der Waals surface area (Å²) in [5, 5.41) is 104. The van der Waals surface area contributed by atoms with Crippen LogP contribution in [0.5, 0.6) is 17.2 Å². The average Bonchev–Trinajstić information content (AvgIpc) is 2.92. The quantitative estimate of drug-likeness (QED) is 0.169. The maximum Gasteiger partial charge on any atom is 0.197 e. The molecular formula is C26H28O14. The van der Waals surface area contributed by atoms with E-state index >= 15 is 0 Å². The van der Waals surface area contributed by atoms with Crippen LogP contribution in [0.2, 0.25) is 0 Å². The molecule has 5 rings (SSSR count). The highest BCUT2D eigenvalue weighted by Crippen LogP contribution is 2.50. The third-order valence-electron chi connectivity index (χ3n) is 7.31. The van der Waals surface area contributed by atoms with Crippen molar-refractivity contribution in [2.75, 3.05) is 13.2 Å². The summed E-state index contributed by atoms with van der Waals surface area (Å²) in [4.78, 5) is 13.4. The van der Waals surface area contributed by atoms with E-state index in [4.69, 9.17) is 13.9 Å². The molecule has 14 nitrogen and oxygen atoms in total. The largest absolute Gasteiger partial charge is 0.508 e. The molecule has 216 valence electrons. The third-order valence-corrected chi connectivity index (χ3v) is 7.31. The Labute approximate surface area is 224 Å². The van der Waals surface area contributed by atoms with Crippen LogP contribution in [-0.2, 0) is 9.47 Å². The summed E-state index contributed by atoms with van der Waals surface area (Å²) in [5.41, 5.74) is -2.15. The summed E-state index contributed by atoms with van der Waals surface area (Å²) < 4.78 is 16.9. The average molecular weight is 564 g/mol. The van der Waals surface area contributed by atoms with E-state index in [0.717, 1.165) is 6.07 Å². The van der Waals surface area contributed by atoms with E-state index in [-0.39, 0.29) is 11.5 Å². The Morgan fingerprint density at radius 1 is 0.775 bits per heavy atom. The first-order valence-electron chi connectivity index (χ1n) is 12.3. The minimum Gasteiger partial charge on any atom is -0.508 e. The first kappa shape index (κ1) is 28.2. The van der Waals surface area contributed by atoms with Crippen LogP contribution in [-0.4, -0.2) is 107 Å². The summed E-state index contributed by atoms with van der Waals surface area (Å²) in [6, 6.07) is 6.50. The van der Waals surface area contributed by atoms with Gasteiger partial charge in [-0.3, -0.25) is 4.79 Å². The monoisotopic (exact) mass is 564 g/mol. The number of aliphatic hydroxyl groups is 7. The molecule has 2 fully saturated rings. The molecule has 3 heterocycles. The van der Waals surface area contributed by atoms with Crippen molar-refractivity contribution in [3.8, 4) is 28.6 Å². The van der Waals surface area contributed by atoms with E-state index in [0.29, 0.717) is 5.56 Å². The maximum absolute atomic E-state index is 13.4. The number of fused-ring (bicyclic) bond motifs is 1. The Morgan fingerprint density at radius 2 is 1.43 bits per heavy atom. The fraction of sp³-hybridized carbons (Fsp3) is 0.423. The Kier molecular flexibility index (Phi) is 7.47. The molecule has 0 amide bonds. The zero-order valence-electron chi connectivity index (χ0n) is 20.6. The van der Waals surface area contributed by atoms with E-state index in [1.54, 1.807) is 0 Å². The molecule has 40 heavy (non-hydrogen) atoms. The third kappa shape index (κ3) is 4.49. The van der Waals surface area contributed by atoms with Gasteiger partial charge in [0.2, 0.25) is 0 Å². The predicted molar refractivity (Wildman–Crippen MR) is 132 cm³/mol. The second-order valence-corrected chi connectivity index (χ2v) is 9.80. The minimum atomic E-state index is -1.98. The Morgan fingerprint density at radius 3 is 2.08 bits per heavy atom. The highest BCUT2D eigenvalue weighted by Gasteiger charge is 2.48. The molecule has 2 aliphatic heterocycles. The molecule has 2 aliphatic rings. The predicted octanol–water partition coefficient (Wildman–Crippen LogP) is -1.75. The lowest BCUT2D eigenvalue weighted by Crippen LogP contribution is -2.55. The minimum absolute atomic E-state index is 0.0710. The van der Waals surface area contributed by atoms with Crippen molar-refractivity contribution in [2.45, 2.75) is 54.9 Å². The van der Waals surface area contributed by atoms with Gasteiger partial charge in [0.05, 0.1) is 24.3 Å². The Bertz CT molecular complexity index is 1450. The number of hydrogen-bond donors (Lipinski definition) is 10. The molecule has 0 unspecified atom stereocenters. The number of hydrogen-bond acceptors (Lipinski definition) is 14. The van der Waals surface area contributed by atoms with Gasteiger partial charge in [-0.2, -0.15) is 0 Å². The van der Waals surface area contributed by atoms with Crippen LogP contribution in [0.25, 0.3) is 22.3 Å². The van der Waals surface area contributed by atoms with Crippen LogP contribution in [0.3, 0.4) is 0 Å². The SMILES string of the molecule is O=c1cc(-c2ccc(O)cc2)oc2c([C@@H]3OC[C@@H](O)[C@H](O)[C@H]3O)c(O)c([C@@H]3O[C@H](CO)[C@@H](O)[C@H](O)[C@H]3O)c(O)c12. The van der Waals surface area contributed by atoms with Crippen LogP contribution >= 0.6 is 0 Å². The van der Waals surface area contributed by atoms with Crippen LogP contribution in [0.15, 0.2) is 39.5 Å². The molecule has 2 saturated heterocycles. The zero-order valence-corrected chi connectivity index (χ0v) is 20.6. The van der Waals surface area contributed by atoms with E-state index in [1.165, 1.54) is 24.3 Å². The number of phenolic OH excluding ortho intramolecular Hbond substituents is 3. The molecule has 14 heteroatoms. The van der Waals surface area contributed by atoms with Gasteiger partial charge in [-0.1, -0.05) is 0 Å². The van der Waals surface area contributed by atoms with E-state index in [2.05, 4.69) is 0 Å². The highest BCUT2D eigenvalue weighted by atomic mass is 16.5. The van der Waals surface area contributed by atoms with Gasteiger partial charge in [0.1, 0.15) is 83.3 Å². The van der Waals surface area contributed by atoms with Crippen LogP contribution in [0.1, 0.15) is 23.3 Å². The standard InChI is InChI=1S/C26H28O14/c27-6-13-18(32)21(35)23(37)26(40-13)15-19(33)14-10(29)5-12(8-1-3-9(28)4-2-8)39-24(14)16(20(15)34)25-22(36)17(31)11(30)7-38-25/h1-5,11,13,17-18,21-23,25-28,30-37H,6-7H2/t11-,13-,17+,18-,21+,22-,23-,25+,26+/m1/s1. The molecule has 9 atom stereocenters. The number of aromatic hydroxyl groups is 3. The zero-order chi connectivity index (χ0) is 29.0. The first-order chi connectivity index (χ1) is 19.0. The molecule has 10 N–H and O–H groups in total. The van der Waals surface area contributed by atoms with Gasteiger partial charge >= 0.3 is 0 Å². The fourth-order valence-electron chi connectivity index (χ4n) is 5.11. The summed E-state index contributed by atoms with van der Waals surface area (Å²) >= 11 is 0. The summed E-state index contributed by atoms with van der Waals surface area (Å²) in [6.45, 7) is -1.34. The van der Waals surface area contributed by atoms with Crippen molar-refractivity contribution in [3.05, 3.63) is 51.7 Å². The van der Waals surface area contributed by atoms with Crippen molar-refractivity contribution < 1.29 is 65.0 Å². The number of rotatable bonds is 4. The molecule has 0 aliphatic carbocycles. The lowest BCUT2D eigenvalue weighted by Gasteiger charge is -2.41. The van der Waals surface area contributed by atoms with Crippen LogP contribution in [0.4, 0.5) is 0 Å². The maximum atomic E-state index is 13.4. The van der Waals surface area contributed by atoms with Crippen molar-refractivity contribution in [1.82, 2.24) is 0 Å². The lowest BCUT2D eigenvalue weighted by molar-refractivity contribution is -0.232. The Hall–Kier alpha value is -3.31. The molecule has 1 aromatic heterocycles. The summed E-state index contributed by atoms with van der Waals surface area (Å²) in [5.74, 6) is -2.01. The molecule has 0 bridgehead atoms. The number of benzene rings is 2. The van der Waals surface area contributed by atoms with E-state index in [9.17, 15) is 55.9 Å². The number of ether oxygens (including phenoxy) is 2. The molecule has 3 aromatic rings. The van der Waals surface area contributed by atoms with Crippen molar-refractivity contribution >= 4 is 11.0 Å². The second-order valence-electron chi connectivity index (χ2n) is 9.80.